The molecule has 0 unspecified atom stereocenters. The third-order valence-electron chi connectivity index (χ3n) is 3.31. The van der Waals surface area contributed by atoms with E-state index in [1.54, 1.807) is 7.11 Å². The van der Waals surface area contributed by atoms with E-state index < -0.39 is 0 Å². The second kappa shape index (κ2) is 6.93. The maximum Gasteiger partial charge on any atom is 0.224 e. The van der Waals surface area contributed by atoms with Gasteiger partial charge in [0, 0.05) is 12.1 Å². The third-order valence-corrected chi connectivity index (χ3v) is 3.31. The first-order valence-corrected chi connectivity index (χ1v) is 7.08. The highest BCUT2D eigenvalue weighted by Gasteiger charge is 2.04. The van der Waals surface area contributed by atoms with Gasteiger partial charge in [-0.1, -0.05) is 18.2 Å². The molecule has 0 fully saturated rings. The Balaban J connectivity index is 1.89. The molecule has 1 N–H and O–H groups in total. The Morgan fingerprint density at radius 2 is 1.67 bits per heavy atom. The fraction of sp³-hybridized carbons (Fsp3) is 0.278. The molecule has 0 saturated carbocycles. The number of methoxy groups -OCH3 is 1. The quantitative estimate of drug-likeness (QED) is 0.904. The average molecular weight is 283 g/mol. The van der Waals surface area contributed by atoms with Gasteiger partial charge < -0.3 is 10.1 Å². The largest absolute Gasteiger partial charge is 0.497 e. The Kier molecular flexibility index (Phi) is 4.99. The summed E-state index contributed by atoms with van der Waals surface area (Å²) in [5, 5.41) is 2.95. The van der Waals surface area contributed by atoms with Gasteiger partial charge in [-0.15, -0.1) is 0 Å². The highest BCUT2D eigenvalue weighted by molar-refractivity contribution is 5.91. The molecule has 0 aliphatic rings. The summed E-state index contributed by atoms with van der Waals surface area (Å²) in [6.45, 7) is 4.06. The lowest BCUT2D eigenvalue weighted by Crippen LogP contribution is -2.12. The second-order valence-electron chi connectivity index (χ2n) is 5.27. The molecule has 21 heavy (non-hydrogen) atoms. The number of benzene rings is 2. The van der Waals surface area contributed by atoms with E-state index in [-0.39, 0.29) is 5.91 Å². The van der Waals surface area contributed by atoms with Crippen LogP contribution in [0.15, 0.2) is 42.5 Å². The van der Waals surface area contributed by atoms with Crippen molar-refractivity contribution in [2.24, 2.45) is 0 Å². The zero-order valence-electron chi connectivity index (χ0n) is 12.8. The number of hydrogen-bond acceptors (Lipinski definition) is 2. The molecule has 0 spiro atoms. The fourth-order valence-corrected chi connectivity index (χ4v) is 2.32. The molecule has 0 aliphatic heterocycles. The molecule has 0 heterocycles. The number of ether oxygens (including phenoxy) is 1. The fourth-order valence-electron chi connectivity index (χ4n) is 2.32. The first-order chi connectivity index (χ1) is 10.1. The van der Waals surface area contributed by atoms with Gasteiger partial charge in [0.25, 0.3) is 0 Å². The zero-order valence-corrected chi connectivity index (χ0v) is 12.8. The first-order valence-electron chi connectivity index (χ1n) is 7.08. The van der Waals surface area contributed by atoms with E-state index >= 15 is 0 Å². The highest BCUT2D eigenvalue weighted by atomic mass is 16.5. The number of aryl methyl sites for hydroxylation is 3. The monoisotopic (exact) mass is 283 g/mol. The Morgan fingerprint density at radius 3 is 2.24 bits per heavy atom. The van der Waals surface area contributed by atoms with Crippen LogP contribution in [-0.4, -0.2) is 13.0 Å². The van der Waals surface area contributed by atoms with E-state index in [1.807, 2.05) is 50.2 Å². The first kappa shape index (κ1) is 15.1. The molecule has 3 nitrogen and oxygen atoms in total. The van der Waals surface area contributed by atoms with Gasteiger partial charge in [0.15, 0.2) is 0 Å². The SMILES string of the molecule is COc1ccc(CCC(=O)Nc2cc(C)cc(C)c2)cc1. The maximum atomic E-state index is 12.0. The zero-order chi connectivity index (χ0) is 15.2. The van der Waals surface area contributed by atoms with Gasteiger partial charge >= 0.3 is 0 Å². The minimum Gasteiger partial charge on any atom is -0.497 e. The topological polar surface area (TPSA) is 38.3 Å². The normalized spacial score (nSPS) is 10.2. The second-order valence-corrected chi connectivity index (χ2v) is 5.27. The summed E-state index contributed by atoms with van der Waals surface area (Å²) in [6.07, 6.45) is 1.19. The van der Waals surface area contributed by atoms with Crippen LogP contribution in [0.2, 0.25) is 0 Å². The molecule has 2 rings (SSSR count). The molecular weight excluding hydrogens is 262 g/mol. The molecule has 0 aliphatic carbocycles. The summed E-state index contributed by atoms with van der Waals surface area (Å²) in [4.78, 5) is 12.0. The summed E-state index contributed by atoms with van der Waals surface area (Å²) >= 11 is 0. The number of carbonyl (C=O) groups is 1. The Labute approximate surface area is 126 Å². The van der Waals surface area contributed by atoms with E-state index in [4.69, 9.17) is 4.74 Å². The standard InChI is InChI=1S/C18H21NO2/c1-13-10-14(2)12-16(11-13)19-18(20)9-6-15-4-7-17(21-3)8-5-15/h4-5,7-8,10-12H,6,9H2,1-3H3,(H,19,20). The average Bonchev–Trinajstić information content (AvgIpc) is 2.44. The van der Waals surface area contributed by atoms with Crippen LogP contribution in [-0.2, 0) is 11.2 Å². The third kappa shape index (κ3) is 4.63. The number of hydrogen-bond donors (Lipinski definition) is 1. The lowest BCUT2D eigenvalue weighted by atomic mass is 10.1. The number of anilines is 1. The summed E-state index contributed by atoms with van der Waals surface area (Å²) < 4.78 is 5.12. The van der Waals surface area contributed by atoms with Gasteiger partial charge in [-0.25, -0.2) is 0 Å². The van der Waals surface area contributed by atoms with Crippen LogP contribution in [0.4, 0.5) is 5.69 Å². The molecule has 0 saturated heterocycles. The Bertz CT molecular complexity index is 597. The molecule has 2 aromatic carbocycles. The summed E-state index contributed by atoms with van der Waals surface area (Å²) in [6, 6.07) is 13.9. The summed E-state index contributed by atoms with van der Waals surface area (Å²) in [7, 11) is 1.65. The predicted octanol–water partition coefficient (Wildman–Crippen LogP) is 3.88. The van der Waals surface area contributed by atoms with E-state index in [1.165, 1.54) is 0 Å². The molecule has 3 heteroatoms. The number of amides is 1. The van der Waals surface area contributed by atoms with Crippen LogP contribution in [0.3, 0.4) is 0 Å². The van der Waals surface area contributed by atoms with Crippen molar-refractivity contribution in [2.45, 2.75) is 26.7 Å². The van der Waals surface area contributed by atoms with Gasteiger partial charge in [0.2, 0.25) is 5.91 Å². The smallest absolute Gasteiger partial charge is 0.224 e. The van der Waals surface area contributed by atoms with Gasteiger partial charge in [0.1, 0.15) is 5.75 Å². The lowest BCUT2D eigenvalue weighted by Gasteiger charge is -2.08. The maximum absolute atomic E-state index is 12.0. The van der Waals surface area contributed by atoms with Crippen LogP contribution >= 0.6 is 0 Å². The lowest BCUT2D eigenvalue weighted by molar-refractivity contribution is -0.116. The van der Waals surface area contributed by atoms with Crippen molar-refractivity contribution in [3.8, 4) is 5.75 Å². The van der Waals surface area contributed by atoms with Crippen LogP contribution in [0.1, 0.15) is 23.1 Å². The van der Waals surface area contributed by atoms with Crippen LogP contribution < -0.4 is 10.1 Å². The van der Waals surface area contributed by atoms with Crippen molar-refractivity contribution in [1.82, 2.24) is 0 Å². The molecule has 0 atom stereocenters. The van der Waals surface area contributed by atoms with E-state index in [0.29, 0.717) is 6.42 Å². The van der Waals surface area contributed by atoms with E-state index in [9.17, 15) is 4.79 Å². The molecule has 0 radical (unpaired) electrons. The molecular formula is C18H21NO2. The molecule has 2 aromatic rings. The van der Waals surface area contributed by atoms with Crippen molar-refractivity contribution in [3.63, 3.8) is 0 Å². The summed E-state index contributed by atoms with van der Waals surface area (Å²) in [5.74, 6) is 0.870. The van der Waals surface area contributed by atoms with Crippen molar-refractivity contribution in [1.29, 1.82) is 0 Å². The van der Waals surface area contributed by atoms with E-state index in [0.717, 1.165) is 34.5 Å². The van der Waals surface area contributed by atoms with Crippen molar-refractivity contribution < 1.29 is 9.53 Å². The molecule has 0 aromatic heterocycles. The minimum absolute atomic E-state index is 0.0378. The van der Waals surface area contributed by atoms with Crippen molar-refractivity contribution >= 4 is 11.6 Å². The van der Waals surface area contributed by atoms with E-state index in [2.05, 4.69) is 11.4 Å². The highest BCUT2D eigenvalue weighted by Crippen LogP contribution is 2.15. The Hall–Kier alpha value is -2.29. The minimum atomic E-state index is 0.0378. The van der Waals surface area contributed by atoms with Crippen molar-refractivity contribution in [2.75, 3.05) is 12.4 Å². The number of rotatable bonds is 5. The molecule has 110 valence electrons. The van der Waals surface area contributed by atoms with Crippen molar-refractivity contribution in [3.05, 3.63) is 59.2 Å². The van der Waals surface area contributed by atoms with Gasteiger partial charge in [0.05, 0.1) is 7.11 Å². The van der Waals surface area contributed by atoms with Crippen LogP contribution in [0.5, 0.6) is 5.75 Å². The van der Waals surface area contributed by atoms with Gasteiger partial charge in [-0.3, -0.25) is 4.79 Å². The van der Waals surface area contributed by atoms with Crippen LogP contribution in [0, 0.1) is 13.8 Å². The Morgan fingerprint density at radius 1 is 1.05 bits per heavy atom. The van der Waals surface area contributed by atoms with Gasteiger partial charge in [-0.05, 0) is 61.2 Å². The number of nitrogens with one attached hydrogen (secondary N) is 1. The number of carbonyl (C=O) groups excluding carboxylic acids is 1. The molecule has 1 amide bonds. The molecule has 0 bridgehead atoms. The van der Waals surface area contributed by atoms with Crippen LogP contribution in [0.25, 0.3) is 0 Å². The predicted molar refractivity (Wildman–Crippen MR) is 85.9 cm³/mol. The summed E-state index contributed by atoms with van der Waals surface area (Å²) in [5.41, 5.74) is 4.31. The van der Waals surface area contributed by atoms with Gasteiger partial charge in [-0.2, -0.15) is 0 Å².